The highest BCUT2D eigenvalue weighted by Gasteiger charge is 2.15. The maximum atomic E-state index is 5.82. The van der Waals surface area contributed by atoms with Crippen LogP contribution in [0.5, 0.6) is 5.75 Å². The van der Waals surface area contributed by atoms with Crippen molar-refractivity contribution in [2.24, 2.45) is 0 Å². The van der Waals surface area contributed by atoms with Crippen molar-refractivity contribution in [3.05, 3.63) is 29.8 Å². The number of para-hydroxylation sites is 1. The average Bonchev–Trinajstić information content (AvgIpc) is 2.29. The molecule has 1 N–H and O–H groups in total. The number of hydrogen-bond acceptors (Lipinski definition) is 3. The van der Waals surface area contributed by atoms with Crippen LogP contribution in [0.4, 0.5) is 0 Å². The third-order valence-corrected chi connectivity index (χ3v) is 2.44. The van der Waals surface area contributed by atoms with Gasteiger partial charge in [0.25, 0.3) is 0 Å². The number of likely N-dealkylation sites (N-methyl/N-ethyl adjacent to an activating group) is 1. The Morgan fingerprint density at radius 3 is 2.53 bits per heavy atom. The van der Waals surface area contributed by atoms with Crippen molar-refractivity contribution in [3.63, 3.8) is 0 Å². The van der Waals surface area contributed by atoms with Crippen molar-refractivity contribution in [3.8, 4) is 5.75 Å². The smallest absolute Gasteiger partial charge is 0.124 e. The van der Waals surface area contributed by atoms with Gasteiger partial charge in [-0.15, -0.1) is 0 Å². The van der Waals surface area contributed by atoms with E-state index in [2.05, 4.69) is 18.3 Å². The first-order valence-corrected chi connectivity index (χ1v) is 6.17. The molecule has 1 unspecified atom stereocenters. The Hall–Kier alpha value is -1.06. The average molecular weight is 237 g/mol. The molecule has 0 spiro atoms. The Balaban J connectivity index is 2.91. The summed E-state index contributed by atoms with van der Waals surface area (Å²) in [5.41, 5.74) is 1.16. The van der Waals surface area contributed by atoms with E-state index in [0.29, 0.717) is 6.61 Å². The first-order chi connectivity index (χ1) is 8.19. The van der Waals surface area contributed by atoms with Crippen molar-refractivity contribution in [2.45, 2.75) is 32.9 Å². The number of methoxy groups -OCH3 is 1. The predicted molar refractivity (Wildman–Crippen MR) is 70.5 cm³/mol. The van der Waals surface area contributed by atoms with E-state index in [0.717, 1.165) is 17.9 Å². The summed E-state index contributed by atoms with van der Waals surface area (Å²) in [7, 11) is 1.72. The van der Waals surface area contributed by atoms with E-state index in [4.69, 9.17) is 9.47 Å². The molecule has 17 heavy (non-hydrogen) atoms. The molecule has 0 saturated heterocycles. The Kier molecular flexibility index (Phi) is 6.01. The van der Waals surface area contributed by atoms with Gasteiger partial charge in [-0.1, -0.05) is 25.1 Å². The molecule has 0 aliphatic carbocycles. The van der Waals surface area contributed by atoms with Crippen LogP contribution in [0, 0.1) is 0 Å². The van der Waals surface area contributed by atoms with Crippen LogP contribution in [0.3, 0.4) is 0 Å². The first-order valence-electron chi connectivity index (χ1n) is 6.17. The number of hydrogen-bond donors (Lipinski definition) is 1. The topological polar surface area (TPSA) is 30.5 Å². The summed E-state index contributed by atoms with van der Waals surface area (Å²) < 4.78 is 11.1. The molecule has 0 aromatic heterocycles. The summed E-state index contributed by atoms with van der Waals surface area (Å²) in [5, 5.41) is 3.41. The molecule has 0 amide bonds. The second-order valence-electron chi connectivity index (χ2n) is 4.27. The summed E-state index contributed by atoms with van der Waals surface area (Å²) in [4.78, 5) is 0. The van der Waals surface area contributed by atoms with E-state index in [1.165, 1.54) is 0 Å². The molecular formula is C14H23NO2. The Morgan fingerprint density at radius 2 is 1.94 bits per heavy atom. The van der Waals surface area contributed by atoms with Crippen LogP contribution >= 0.6 is 0 Å². The van der Waals surface area contributed by atoms with Crippen molar-refractivity contribution in [2.75, 3.05) is 20.3 Å². The van der Waals surface area contributed by atoms with Crippen molar-refractivity contribution in [1.29, 1.82) is 0 Å². The van der Waals surface area contributed by atoms with E-state index in [-0.39, 0.29) is 12.1 Å². The van der Waals surface area contributed by atoms with Crippen LogP contribution in [0.1, 0.15) is 32.4 Å². The van der Waals surface area contributed by atoms with Crippen LogP contribution in [-0.2, 0) is 4.74 Å². The zero-order valence-corrected chi connectivity index (χ0v) is 11.2. The first kappa shape index (κ1) is 14.0. The van der Waals surface area contributed by atoms with Crippen molar-refractivity contribution < 1.29 is 9.47 Å². The van der Waals surface area contributed by atoms with Crippen LogP contribution < -0.4 is 10.1 Å². The van der Waals surface area contributed by atoms with Crippen molar-refractivity contribution >= 4 is 0 Å². The molecule has 0 fully saturated rings. The SMILES string of the molecule is CCNC(COC)c1ccccc1OC(C)C. The predicted octanol–water partition coefficient (Wildman–Crippen LogP) is 2.77. The molecule has 3 heteroatoms. The van der Waals surface area contributed by atoms with Gasteiger partial charge in [-0.2, -0.15) is 0 Å². The summed E-state index contributed by atoms with van der Waals surface area (Å²) in [6, 6.07) is 8.30. The maximum Gasteiger partial charge on any atom is 0.124 e. The van der Waals surface area contributed by atoms with E-state index >= 15 is 0 Å². The van der Waals surface area contributed by atoms with Gasteiger partial charge in [0.15, 0.2) is 0 Å². The zero-order chi connectivity index (χ0) is 12.7. The van der Waals surface area contributed by atoms with Gasteiger partial charge in [0.2, 0.25) is 0 Å². The molecule has 0 aliphatic rings. The lowest BCUT2D eigenvalue weighted by molar-refractivity contribution is 0.163. The molecule has 0 saturated carbocycles. The van der Waals surface area contributed by atoms with Gasteiger partial charge in [0, 0.05) is 12.7 Å². The molecule has 1 rings (SSSR count). The third kappa shape index (κ3) is 4.36. The molecule has 0 bridgehead atoms. The third-order valence-electron chi connectivity index (χ3n) is 2.44. The fourth-order valence-corrected chi connectivity index (χ4v) is 1.80. The lowest BCUT2D eigenvalue weighted by Gasteiger charge is -2.21. The normalized spacial score (nSPS) is 12.8. The van der Waals surface area contributed by atoms with Crippen molar-refractivity contribution in [1.82, 2.24) is 5.32 Å². The Bertz CT molecular complexity index is 320. The van der Waals surface area contributed by atoms with Gasteiger partial charge in [0.05, 0.1) is 18.8 Å². The maximum absolute atomic E-state index is 5.82. The fraction of sp³-hybridized carbons (Fsp3) is 0.571. The summed E-state index contributed by atoms with van der Waals surface area (Å²) >= 11 is 0. The monoisotopic (exact) mass is 237 g/mol. The second kappa shape index (κ2) is 7.30. The highest BCUT2D eigenvalue weighted by atomic mass is 16.5. The molecule has 0 aliphatic heterocycles. The fourth-order valence-electron chi connectivity index (χ4n) is 1.80. The van der Waals surface area contributed by atoms with Gasteiger partial charge < -0.3 is 14.8 Å². The Morgan fingerprint density at radius 1 is 1.24 bits per heavy atom. The minimum absolute atomic E-state index is 0.181. The molecule has 1 aromatic carbocycles. The van der Waals surface area contributed by atoms with E-state index in [1.54, 1.807) is 7.11 Å². The quantitative estimate of drug-likeness (QED) is 0.791. The van der Waals surface area contributed by atoms with Gasteiger partial charge >= 0.3 is 0 Å². The van der Waals surface area contributed by atoms with Gasteiger partial charge in [-0.25, -0.2) is 0 Å². The summed E-state index contributed by atoms with van der Waals surface area (Å²) in [6.07, 6.45) is 0.181. The number of ether oxygens (including phenoxy) is 2. The second-order valence-corrected chi connectivity index (χ2v) is 4.27. The zero-order valence-electron chi connectivity index (χ0n) is 11.2. The largest absolute Gasteiger partial charge is 0.491 e. The highest BCUT2D eigenvalue weighted by Crippen LogP contribution is 2.26. The van der Waals surface area contributed by atoms with E-state index in [1.807, 2.05) is 32.0 Å². The summed E-state index contributed by atoms with van der Waals surface area (Å²) in [5.74, 6) is 0.936. The van der Waals surface area contributed by atoms with E-state index in [9.17, 15) is 0 Å². The lowest BCUT2D eigenvalue weighted by atomic mass is 10.1. The standard InChI is InChI=1S/C14H23NO2/c1-5-15-13(10-16-4)12-8-6-7-9-14(12)17-11(2)3/h6-9,11,13,15H,5,10H2,1-4H3. The van der Waals surface area contributed by atoms with E-state index < -0.39 is 0 Å². The van der Waals surface area contributed by atoms with Crippen LogP contribution in [0.15, 0.2) is 24.3 Å². The molecule has 0 heterocycles. The van der Waals surface area contributed by atoms with Gasteiger partial charge in [-0.05, 0) is 26.5 Å². The van der Waals surface area contributed by atoms with Crippen LogP contribution in [0.2, 0.25) is 0 Å². The molecule has 0 radical (unpaired) electrons. The minimum atomic E-state index is 0.181. The molecule has 1 atom stereocenters. The summed E-state index contributed by atoms with van der Waals surface area (Å²) in [6.45, 7) is 7.72. The lowest BCUT2D eigenvalue weighted by Crippen LogP contribution is -2.25. The number of nitrogens with one attached hydrogen (secondary N) is 1. The Labute approximate surface area is 104 Å². The van der Waals surface area contributed by atoms with Crippen LogP contribution in [0.25, 0.3) is 0 Å². The number of benzene rings is 1. The highest BCUT2D eigenvalue weighted by molar-refractivity contribution is 5.36. The molecule has 3 nitrogen and oxygen atoms in total. The van der Waals surface area contributed by atoms with Gasteiger partial charge in [0.1, 0.15) is 5.75 Å². The molecular weight excluding hydrogens is 214 g/mol. The number of rotatable bonds is 7. The van der Waals surface area contributed by atoms with Crippen LogP contribution in [-0.4, -0.2) is 26.4 Å². The minimum Gasteiger partial charge on any atom is -0.491 e. The molecule has 96 valence electrons. The van der Waals surface area contributed by atoms with Gasteiger partial charge in [-0.3, -0.25) is 0 Å². The molecule has 1 aromatic rings.